The quantitative estimate of drug-likeness (QED) is 0.566. The topological polar surface area (TPSA) is 23.9 Å². The number of rotatable bonds is 4. The van der Waals surface area contributed by atoms with E-state index in [-0.39, 0.29) is 0 Å². The van der Waals surface area contributed by atoms with Crippen LogP contribution in [0.5, 0.6) is 0 Å². The highest BCUT2D eigenvalue weighted by Gasteiger charge is 2.07. The van der Waals surface area contributed by atoms with Crippen LogP contribution in [0.3, 0.4) is 0 Å². The first-order valence-corrected chi connectivity index (χ1v) is 5.40. The van der Waals surface area contributed by atoms with Crippen LogP contribution in [0, 0.1) is 12.3 Å². The van der Waals surface area contributed by atoms with Gasteiger partial charge in [0.1, 0.15) is 7.85 Å². The van der Waals surface area contributed by atoms with Gasteiger partial charge < -0.3 is 0 Å². The first-order valence-electron chi connectivity index (χ1n) is 5.40. The van der Waals surface area contributed by atoms with Gasteiger partial charge in [-0.25, -0.2) is 0 Å². The van der Waals surface area contributed by atoms with Crippen molar-refractivity contribution < 1.29 is 0 Å². The second-order valence-corrected chi connectivity index (χ2v) is 4.05. The van der Waals surface area contributed by atoms with Gasteiger partial charge in [0.2, 0.25) is 0 Å². The molecule has 0 saturated heterocycles. The van der Waals surface area contributed by atoms with E-state index < -0.39 is 0 Å². The molecule has 0 aromatic heterocycles. The zero-order valence-electron chi connectivity index (χ0n) is 9.85. The number of aryl methyl sites for hydroxylation is 1. The van der Waals surface area contributed by atoms with Gasteiger partial charge in [0.15, 0.2) is 0 Å². The van der Waals surface area contributed by atoms with E-state index in [2.05, 4.69) is 40.4 Å². The van der Waals surface area contributed by atoms with Crippen molar-refractivity contribution in [3.63, 3.8) is 0 Å². The first kappa shape index (κ1) is 11.8. The maximum Gasteiger partial charge on any atom is 0.139 e. The fraction of sp³-hybridized carbons (Fsp3) is 0.308. The molecule has 0 bridgehead atoms. The molecule has 15 heavy (non-hydrogen) atoms. The van der Waals surface area contributed by atoms with Crippen LogP contribution in [0.2, 0.25) is 0 Å². The highest BCUT2D eigenvalue weighted by atomic mass is 14.4. The lowest BCUT2D eigenvalue weighted by Crippen LogP contribution is -2.09. The summed E-state index contributed by atoms with van der Waals surface area (Å²) in [5, 5.41) is 8.05. The zero-order valence-corrected chi connectivity index (χ0v) is 9.85. The Labute approximate surface area is 93.1 Å². The summed E-state index contributed by atoms with van der Waals surface area (Å²) in [6.07, 6.45) is 1.96. The third kappa shape index (κ3) is 2.82. The molecular formula is C13H18BN. The molecule has 0 heterocycles. The zero-order chi connectivity index (χ0) is 11.4. The van der Waals surface area contributed by atoms with E-state index in [4.69, 9.17) is 5.41 Å². The Morgan fingerprint density at radius 3 is 2.67 bits per heavy atom. The smallest absolute Gasteiger partial charge is 0.139 e. The van der Waals surface area contributed by atoms with Crippen LogP contribution in [0.1, 0.15) is 30.9 Å². The molecule has 0 amide bonds. The maximum absolute atomic E-state index is 8.05. The molecule has 0 aliphatic rings. The summed E-state index contributed by atoms with van der Waals surface area (Å²) < 4.78 is 0. The Bertz CT molecular complexity index is 394. The van der Waals surface area contributed by atoms with Crippen molar-refractivity contribution in [2.45, 2.75) is 26.7 Å². The molecular weight excluding hydrogens is 181 g/mol. The van der Waals surface area contributed by atoms with Crippen LogP contribution in [0.15, 0.2) is 30.4 Å². The highest BCUT2D eigenvalue weighted by molar-refractivity contribution is 6.32. The van der Waals surface area contributed by atoms with Crippen LogP contribution in [0.25, 0.3) is 0 Å². The minimum absolute atomic E-state index is 0.592. The van der Waals surface area contributed by atoms with Gasteiger partial charge in [0, 0.05) is 5.56 Å². The minimum atomic E-state index is 0.592. The molecule has 1 nitrogen and oxygen atoms in total. The SMILES string of the molecule is Bc1ccc(C(=N)C(=C)CCC)c(C)c1. The summed E-state index contributed by atoms with van der Waals surface area (Å²) in [7, 11) is 2.07. The normalized spacial score (nSPS) is 10.0. The second kappa shape index (κ2) is 4.97. The van der Waals surface area contributed by atoms with Gasteiger partial charge in [-0.1, -0.05) is 43.6 Å². The molecule has 1 aromatic rings. The van der Waals surface area contributed by atoms with Gasteiger partial charge in [-0.15, -0.1) is 0 Å². The number of allylic oxidation sites excluding steroid dienone is 1. The van der Waals surface area contributed by atoms with Gasteiger partial charge in [-0.05, 0) is 24.5 Å². The molecule has 0 aliphatic heterocycles. The Morgan fingerprint density at radius 1 is 1.47 bits per heavy atom. The molecule has 0 aliphatic carbocycles. The Balaban J connectivity index is 2.96. The van der Waals surface area contributed by atoms with Crippen LogP contribution < -0.4 is 5.46 Å². The number of nitrogens with one attached hydrogen (secondary N) is 1. The molecule has 0 atom stereocenters. The Kier molecular flexibility index (Phi) is 3.90. The van der Waals surface area contributed by atoms with E-state index in [1.165, 1.54) is 5.46 Å². The lowest BCUT2D eigenvalue weighted by atomic mass is 9.89. The van der Waals surface area contributed by atoms with Crippen LogP contribution in [0.4, 0.5) is 0 Å². The maximum atomic E-state index is 8.05. The number of benzene rings is 1. The highest BCUT2D eigenvalue weighted by Crippen LogP contribution is 2.14. The third-order valence-corrected chi connectivity index (χ3v) is 2.56. The molecule has 0 saturated carbocycles. The lowest BCUT2D eigenvalue weighted by Gasteiger charge is -2.10. The van der Waals surface area contributed by atoms with Gasteiger partial charge in [0.05, 0.1) is 5.71 Å². The Hall–Kier alpha value is -1.31. The van der Waals surface area contributed by atoms with E-state index in [1.807, 2.05) is 6.07 Å². The van der Waals surface area contributed by atoms with Crippen LogP contribution in [-0.4, -0.2) is 13.6 Å². The predicted octanol–water partition coefficient (Wildman–Crippen LogP) is 1.98. The van der Waals surface area contributed by atoms with E-state index in [1.54, 1.807) is 0 Å². The summed E-state index contributed by atoms with van der Waals surface area (Å²) in [5.41, 5.74) is 4.94. The van der Waals surface area contributed by atoms with Crippen molar-refractivity contribution in [2.75, 3.05) is 0 Å². The number of hydrogen-bond acceptors (Lipinski definition) is 1. The second-order valence-electron chi connectivity index (χ2n) is 4.05. The first-order chi connectivity index (χ1) is 7.06. The largest absolute Gasteiger partial charge is 0.300 e. The fourth-order valence-corrected chi connectivity index (χ4v) is 1.71. The molecule has 2 heteroatoms. The van der Waals surface area contributed by atoms with Gasteiger partial charge >= 0.3 is 0 Å². The molecule has 1 rings (SSSR count). The summed E-state index contributed by atoms with van der Waals surface area (Å²) in [6, 6.07) is 6.19. The minimum Gasteiger partial charge on any atom is -0.300 e. The summed E-state index contributed by atoms with van der Waals surface area (Å²) in [5.74, 6) is 0. The van der Waals surface area contributed by atoms with E-state index >= 15 is 0 Å². The van der Waals surface area contributed by atoms with Crippen LogP contribution >= 0.6 is 0 Å². The van der Waals surface area contributed by atoms with Gasteiger partial charge in [-0.3, -0.25) is 5.41 Å². The standard InChI is InChI=1S/C13H18BN/c1-4-5-9(2)13(15)12-7-6-11(14)8-10(12)3/h6-8,15H,2,4-5,14H2,1,3H3. The molecule has 0 spiro atoms. The molecule has 0 radical (unpaired) electrons. The third-order valence-electron chi connectivity index (χ3n) is 2.56. The average molecular weight is 199 g/mol. The molecule has 1 aromatic carbocycles. The molecule has 1 N–H and O–H groups in total. The monoisotopic (exact) mass is 199 g/mol. The van der Waals surface area contributed by atoms with E-state index in [9.17, 15) is 0 Å². The van der Waals surface area contributed by atoms with Crippen molar-refractivity contribution in [1.29, 1.82) is 5.41 Å². The van der Waals surface area contributed by atoms with Crippen molar-refractivity contribution in [3.8, 4) is 0 Å². The summed E-state index contributed by atoms with van der Waals surface area (Å²) in [6.45, 7) is 8.12. The number of hydrogen-bond donors (Lipinski definition) is 1. The lowest BCUT2D eigenvalue weighted by molar-refractivity contribution is 0.937. The summed E-state index contributed by atoms with van der Waals surface area (Å²) >= 11 is 0. The summed E-state index contributed by atoms with van der Waals surface area (Å²) in [4.78, 5) is 0. The fourth-order valence-electron chi connectivity index (χ4n) is 1.71. The molecule has 78 valence electrons. The van der Waals surface area contributed by atoms with E-state index in [0.717, 1.165) is 29.5 Å². The van der Waals surface area contributed by atoms with Crippen molar-refractivity contribution >= 4 is 19.0 Å². The van der Waals surface area contributed by atoms with Crippen molar-refractivity contribution in [3.05, 3.63) is 41.5 Å². The Morgan fingerprint density at radius 2 is 2.13 bits per heavy atom. The predicted molar refractivity (Wildman–Crippen MR) is 70.2 cm³/mol. The van der Waals surface area contributed by atoms with Crippen molar-refractivity contribution in [1.82, 2.24) is 0 Å². The van der Waals surface area contributed by atoms with Crippen molar-refractivity contribution in [2.24, 2.45) is 0 Å². The van der Waals surface area contributed by atoms with Gasteiger partial charge in [0.25, 0.3) is 0 Å². The molecule has 0 fully saturated rings. The van der Waals surface area contributed by atoms with Gasteiger partial charge in [-0.2, -0.15) is 0 Å². The van der Waals surface area contributed by atoms with E-state index in [0.29, 0.717) is 5.71 Å². The average Bonchev–Trinajstić information content (AvgIpc) is 2.17. The van der Waals surface area contributed by atoms with Crippen LogP contribution in [-0.2, 0) is 0 Å². The molecule has 0 unspecified atom stereocenters.